The van der Waals surface area contributed by atoms with Gasteiger partial charge in [-0.2, -0.15) is 0 Å². The minimum absolute atomic E-state index is 0.146. The number of likely N-dealkylation sites (N-methyl/N-ethyl adjacent to an activating group) is 1. The number of aliphatic hydroxyl groups is 1. The molecule has 0 amide bonds. The molecule has 1 aromatic rings. The summed E-state index contributed by atoms with van der Waals surface area (Å²) in [7, 11) is 2.00. The van der Waals surface area contributed by atoms with E-state index in [1.165, 1.54) is 11.1 Å². The Balaban J connectivity index is 2.47. The van der Waals surface area contributed by atoms with Crippen molar-refractivity contribution in [2.75, 3.05) is 26.8 Å². The molecule has 0 saturated carbocycles. The monoisotopic (exact) mass is 251 g/mol. The molecular formula is C15H25NO2. The van der Waals surface area contributed by atoms with E-state index in [9.17, 15) is 5.11 Å². The number of benzene rings is 1. The topological polar surface area (TPSA) is 32.7 Å². The first kappa shape index (κ1) is 15.0. The molecule has 1 aromatic carbocycles. The molecule has 0 heterocycles. The van der Waals surface area contributed by atoms with Gasteiger partial charge in [-0.3, -0.25) is 4.90 Å². The molecule has 0 atom stereocenters. The van der Waals surface area contributed by atoms with Crippen molar-refractivity contribution < 1.29 is 9.84 Å². The first-order valence-electron chi connectivity index (χ1n) is 6.38. The van der Waals surface area contributed by atoms with Crippen molar-refractivity contribution >= 4 is 0 Å². The zero-order chi connectivity index (χ0) is 13.8. The van der Waals surface area contributed by atoms with Crippen LogP contribution in [0.3, 0.4) is 0 Å². The number of nitrogens with zero attached hydrogens (tertiary/aromatic N) is 1. The highest BCUT2D eigenvalue weighted by Crippen LogP contribution is 2.16. The van der Waals surface area contributed by atoms with Crippen LogP contribution in [0.1, 0.15) is 25.0 Å². The van der Waals surface area contributed by atoms with Gasteiger partial charge in [-0.05, 0) is 58.0 Å². The third kappa shape index (κ3) is 4.31. The van der Waals surface area contributed by atoms with E-state index in [1.807, 2.05) is 33.0 Å². The van der Waals surface area contributed by atoms with Gasteiger partial charge in [-0.15, -0.1) is 0 Å². The first-order chi connectivity index (χ1) is 8.35. The zero-order valence-electron chi connectivity index (χ0n) is 12.2. The smallest absolute Gasteiger partial charge is 0.119 e. The van der Waals surface area contributed by atoms with E-state index in [2.05, 4.69) is 24.8 Å². The predicted octanol–water partition coefficient (Wildman–Crippen LogP) is 2.38. The Morgan fingerprint density at radius 1 is 1.17 bits per heavy atom. The third-order valence-corrected chi connectivity index (χ3v) is 3.31. The quantitative estimate of drug-likeness (QED) is 0.842. The fourth-order valence-corrected chi connectivity index (χ4v) is 1.74. The van der Waals surface area contributed by atoms with Crippen molar-refractivity contribution in [3.63, 3.8) is 0 Å². The van der Waals surface area contributed by atoms with Crippen LogP contribution in [-0.2, 0) is 0 Å². The second-order valence-corrected chi connectivity index (χ2v) is 5.56. The molecule has 0 aliphatic rings. The lowest BCUT2D eigenvalue weighted by Gasteiger charge is -2.33. The minimum Gasteiger partial charge on any atom is -0.492 e. The molecule has 0 bridgehead atoms. The molecule has 18 heavy (non-hydrogen) atoms. The third-order valence-electron chi connectivity index (χ3n) is 3.31. The van der Waals surface area contributed by atoms with E-state index in [-0.39, 0.29) is 12.1 Å². The Morgan fingerprint density at radius 3 is 2.22 bits per heavy atom. The fraction of sp³-hybridized carbons (Fsp3) is 0.600. The molecule has 102 valence electrons. The molecule has 0 fully saturated rings. The van der Waals surface area contributed by atoms with Crippen LogP contribution in [0.5, 0.6) is 5.75 Å². The van der Waals surface area contributed by atoms with Crippen LogP contribution in [0.2, 0.25) is 0 Å². The lowest BCUT2D eigenvalue weighted by molar-refractivity contribution is 0.0678. The molecule has 0 spiro atoms. The first-order valence-corrected chi connectivity index (χ1v) is 6.38. The number of aryl methyl sites for hydroxylation is 2. The Bertz CT molecular complexity index is 368. The van der Waals surface area contributed by atoms with Crippen molar-refractivity contribution in [2.45, 2.75) is 33.2 Å². The Morgan fingerprint density at radius 2 is 1.72 bits per heavy atom. The van der Waals surface area contributed by atoms with E-state index in [1.54, 1.807) is 0 Å². The summed E-state index contributed by atoms with van der Waals surface area (Å²) < 4.78 is 5.75. The summed E-state index contributed by atoms with van der Waals surface area (Å²) in [5.41, 5.74) is 2.23. The van der Waals surface area contributed by atoms with E-state index in [0.29, 0.717) is 6.61 Å². The molecule has 0 radical (unpaired) electrons. The molecule has 0 aliphatic carbocycles. The van der Waals surface area contributed by atoms with Crippen LogP contribution < -0.4 is 4.74 Å². The predicted molar refractivity (Wildman–Crippen MR) is 75.2 cm³/mol. The van der Waals surface area contributed by atoms with Gasteiger partial charge in [-0.1, -0.05) is 6.07 Å². The number of hydrogen-bond acceptors (Lipinski definition) is 3. The normalized spacial score (nSPS) is 11.9. The van der Waals surface area contributed by atoms with Gasteiger partial charge in [0, 0.05) is 12.1 Å². The Labute approximate surface area is 110 Å². The van der Waals surface area contributed by atoms with Crippen molar-refractivity contribution in [3.05, 3.63) is 29.3 Å². The zero-order valence-corrected chi connectivity index (χ0v) is 12.2. The van der Waals surface area contributed by atoms with E-state index < -0.39 is 0 Å². The summed E-state index contributed by atoms with van der Waals surface area (Å²) in [6.45, 7) is 9.74. The highest BCUT2D eigenvalue weighted by molar-refractivity contribution is 5.32. The largest absolute Gasteiger partial charge is 0.492 e. The van der Waals surface area contributed by atoms with Crippen molar-refractivity contribution in [1.82, 2.24) is 4.90 Å². The SMILES string of the molecule is Cc1cc(C)cc(OCCN(C)C(C)(C)CO)c1. The van der Waals surface area contributed by atoms with Gasteiger partial charge in [0.1, 0.15) is 12.4 Å². The molecule has 0 saturated heterocycles. The molecule has 0 aromatic heterocycles. The maximum atomic E-state index is 9.27. The van der Waals surface area contributed by atoms with Gasteiger partial charge in [0.05, 0.1) is 6.61 Å². The van der Waals surface area contributed by atoms with Crippen LogP contribution in [0.25, 0.3) is 0 Å². The summed E-state index contributed by atoms with van der Waals surface area (Å²) in [4.78, 5) is 2.11. The molecule has 3 heteroatoms. The standard InChI is InChI=1S/C15H25NO2/c1-12-8-13(2)10-14(9-12)18-7-6-16(5)15(3,4)11-17/h8-10,17H,6-7,11H2,1-5H3. The van der Waals surface area contributed by atoms with Crippen molar-refractivity contribution in [3.8, 4) is 5.75 Å². The van der Waals surface area contributed by atoms with Crippen molar-refractivity contribution in [2.24, 2.45) is 0 Å². The van der Waals surface area contributed by atoms with Crippen LogP contribution in [-0.4, -0.2) is 42.4 Å². The maximum Gasteiger partial charge on any atom is 0.119 e. The van der Waals surface area contributed by atoms with E-state index in [4.69, 9.17) is 4.74 Å². The van der Waals surface area contributed by atoms with Gasteiger partial charge in [0.15, 0.2) is 0 Å². The molecule has 3 nitrogen and oxygen atoms in total. The summed E-state index contributed by atoms with van der Waals surface area (Å²) in [6, 6.07) is 6.22. The number of ether oxygens (including phenoxy) is 1. The van der Waals surface area contributed by atoms with Crippen LogP contribution in [0.15, 0.2) is 18.2 Å². The average Bonchev–Trinajstić information content (AvgIpc) is 2.27. The van der Waals surface area contributed by atoms with Gasteiger partial charge >= 0.3 is 0 Å². The molecular weight excluding hydrogens is 226 g/mol. The molecule has 0 aliphatic heterocycles. The number of aliphatic hydroxyl groups excluding tert-OH is 1. The molecule has 1 N–H and O–H groups in total. The van der Waals surface area contributed by atoms with E-state index >= 15 is 0 Å². The Kier molecular flexibility index (Phi) is 5.17. The van der Waals surface area contributed by atoms with Gasteiger partial charge in [0.25, 0.3) is 0 Å². The van der Waals surface area contributed by atoms with Gasteiger partial charge in [-0.25, -0.2) is 0 Å². The second kappa shape index (κ2) is 6.21. The minimum atomic E-state index is -0.202. The average molecular weight is 251 g/mol. The highest BCUT2D eigenvalue weighted by atomic mass is 16.5. The lowest BCUT2D eigenvalue weighted by atomic mass is 10.1. The van der Waals surface area contributed by atoms with Crippen LogP contribution >= 0.6 is 0 Å². The second-order valence-electron chi connectivity index (χ2n) is 5.56. The lowest BCUT2D eigenvalue weighted by Crippen LogP contribution is -2.45. The van der Waals surface area contributed by atoms with Crippen molar-refractivity contribution in [1.29, 1.82) is 0 Å². The maximum absolute atomic E-state index is 9.27. The summed E-state index contributed by atoms with van der Waals surface area (Å²) in [5, 5.41) is 9.27. The number of rotatable bonds is 6. The van der Waals surface area contributed by atoms with Gasteiger partial charge in [0.2, 0.25) is 0 Å². The Hall–Kier alpha value is -1.06. The summed E-state index contributed by atoms with van der Waals surface area (Å²) in [5.74, 6) is 0.919. The van der Waals surface area contributed by atoms with Gasteiger partial charge < -0.3 is 9.84 Å². The summed E-state index contributed by atoms with van der Waals surface area (Å²) in [6.07, 6.45) is 0. The van der Waals surface area contributed by atoms with E-state index in [0.717, 1.165) is 12.3 Å². The fourth-order valence-electron chi connectivity index (χ4n) is 1.74. The number of hydrogen-bond donors (Lipinski definition) is 1. The summed E-state index contributed by atoms with van der Waals surface area (Å²) >= 11 is 0. The molecule has 1 rings (SSSR count). The highest BCUT2D eigenvalue weighted by Gasteiger charge is 2.21. The molecule has 0 unspecified atom stereocenters. The van der Waals surface area contributed by atoms with Crippen LogP contribution in [0, 0.1) is 13.8 Å². The van der Waals surface area contributed by atoms with Crippen LogP contribution in [0.4, 0.5) is 0 Å².